The first-order valence-corrected chi connectivity index (χ1v) is 13.7. The van der Waals surface area contributed by atoms with Gasteiger partial charge >= 0.3 is 0 Å². The molecule has 38 heavy (non-hydrogen) atoms. The minimum absolute atomic E-state index is 0.0105. The molecular formula is C33H36N2O3. The number of rotatable bonds is 6. The van der Waals surface area contributed by atoms with Gasteiger partial charge in [-0.15, -0.1) is 0 Å². The molecule has 1 heterocycles. The SMILES string of the molecule is Cc1ccc(C(=O)CC2C(=O)N(C3CCCCC3)C(c3ccc(C)cc3)C(=O)N2c2ccc(C)cc2)cc1. The number of nitrogens with zero attached hydrogens (tertiary/aromatic N) is 2. The summed E-state index contributed by atoms with van der Waals surface area (Å²) >= 11 is 0. The predicted molar refractivity (Wildman–Crippen MR) is 150 cm³/mol. The Kier molecular flexibility index (Phi) is 7.46. The second-order valence-corrected chi connectivity index (χ2v) is 10.9. The lowest BCUT2D eigenvalue weighted by molar-refractivity contribution is -0.150. The van der Waals surface area contributed by atoms with Crippen LogP contribution in [0.25, 0.3) is 0 Å². The summed E-state index contributed by atoms with van der Waals surface area (Å²) in [5.74, 6) is -0.418. The first-order chi connectivity index (χ1) is 18.3. The summed E-state index contributed by atoms with van der Waals surface area (Å²) in [5, 5.41) is 0. The Morgan fingerprint density at radius 2 is 1.24 bits per heavy atom. The third kappa shape index (κ3) is 5.15. The van der Waals surface area contributed by atoms with Gasteiger partial charge in [0.25, 0.3) is 5.91 Å². The van der Waals surface area contributed by atoms with E-state index in [9.17, 15) is 14.4 Å². The molecule has 0 aromatic heterocycles. The van der Waals surface area contributed by atoms with Gasteiger partial charge in [0.2, 0.25) is 5.91 Å². The Hall–Kier alpha value is -3.73. The van der Waals surface area contributed by atoms with Crippen LogP contribution in [-0.4, -0.2) is 34.6 Å². The number of piperazine rings is 1. The highest BCUT2D eigenvalue weighted by Crippen LogP contribution is 2.39. The molecule has 2 aliphatic rings. The number of amides is 2. The lowest BCUT2D eigenvalue weighted by Crippen LogP contribution is -2.64. The summed E-state index contributed by atoms with van der Waals surface area (Å²) in [5.41, 5.74) is 5.26. The van der Waals surface area contributed by atoms with Gasteiger partial charge in [0.15, 0.2) is 5.78 Å². The Labute approximate surface area is 225 Å². The minimum atomic E-state index is -0.886. The molecule has 1 aliphatic carbocycles. The molecule has 196 valence electrons. The molecule has 5 nitrogen and oxygen atoms in total. The Bertz CT molecular complexity index is 1310. The predicted octanol–water partition coefficient (Wildman–Crippen LogP) is 6.50. The number of carbonyl (C=O) groups is 3. The largest absolute Gasteiger partial charge is 0.322 e. The van der Waals surface area contributed by atoms with E-state index in [1.165, 1.54) is 0 Å². The number of carbonyl (C=O) groups excluding carboxylic acids is 3. The second kappa shape index (κ2) is 10.9. The average Bonchev–Trinajstić information content (AvgIpc) is 2.92. The smallest absolute Gasteiger partial charge is 0.255 e. The van der Waals surface area contributed by atoms with Gasteiger partial charge in [-0.25, -0.2) is 0 Å². The summed E-state index contributed by atoms with van der Waals surface area (Å²) in [6, 6.07) is 21.4. The van der Waals surface area contributed by atoms with Crippen molar-refractivity contribution >= 4 is 23.3 Å². The van der Waals surface area contributed by atoms with E-state index in [1.54, 1.807) is 17.0 Å². The van der Waals surface area contributed by atoms with Crippen LogP contribution in [0.15, 0.2) is 72.8 Å². The Morgan fingerprint density at radius 3 is 1.82 bits per heavy atom. The van der Waals surface area contributed by atoms with E-state index in [1.807, 2.05) is 86.3 Å². The van der Waals surface area contributed by atoms with Crippen molar-refractivity contribution in [1.82, 2.24) is 4.90 Å². The molecule has 0 radical (unpaired) electrons. The van der Waals surface area contributed by atoms with Crippen LogP contribution < -0.4 is 4.90 Å². The number of Topliss-reactive ketones (excluding diaryl/α,β-unsaturated/α-hetero) is 1. The highest BCUT2D eigenvalue weighted by Gasteiger charge is 2.50. The van der Waals surface area contributed by atoms with E-state index in [0.29, 0.717) is 11.3 Å². The van der Waals surface area contributed by atoms with Gasteiger partial charge in [0, 0.05) is 23.7 Å². The van der Waals surface area contributed by atoms with E-state index in [4.69, 9.17) is 0 Å². The number of benzene rings is 3. The van der Waals surface area contributed by atoms with Crippen LogP contribution in [-0.2, 0) is 9.59 Å². The number of aryl methyl sites for hydroxylation is 3. The molecule has 3 aromatic rings. The summed E-state index contributed by atoms with van der Waals surface area (Å²) in [6.45, 7) is 5.98. The highest BCUT2D eigenvalue weighted by atomic mass is 16.2. The standard InChI is InChI=1S/C33H36N2O3/c1-22-9-15-25(16-10-22)30(36)21-29-32(37)35(27-7-5-4-6-8-27)31(26-17-11-23(2)12-18-26)33(38)34(29)28-19-13-24(3)14-20-28/h9-20,27,29,31H,4-8,21H2,1-3H3. The molecule has 2 amide bonds. The molecule has 2 unspecified atom stereocenters. The molecular weight excluding hydrogens is 472 g/mol. The van der Waals surface area contributed by atoms with Crippen LogP contribution in [0.3, 0.4) is 0 Å². The maximum atomic E-state index is 14.5. The van der Waals surface area contributed by atoms with Crippen molar-refractivity contribution in [2.75, 3.05) is 4.90 Å². The van der Waals surface area contributed by atoms with Crippen molar-refractivity contribution < 1.29 is 14.4 Å². The van der Waals surface area contributed by atoms with Crippen LogP contribution in [0, 0.1) is 20.8 Å². The average molecular weight is 509 g/mol. The molecule has 1 aliphatic heterocycles. The number of hydrogen-bond acceptors (Lipinski definition) is 3. The highest BCUT2D eigenvalue weighted by molar-refractivity contribution is 6.11. The van der Waals surface area contributed by atoms with Crippen LogP contribution in [0.2, 0.25) is 0 Å². The fraction of sp³-hybridized carbons (Fsp3) is 0.364. The van der Waals surface area contributed by atoms with Crippen molar-refractivity contribution in [3.05, 3.63) is 101 Å². The zero-order chi connectivity index (χ0) is 26.8. The van der Waals surface area contributed by atoms with Gasteiger partial charge in [-0.1, -0.05) is 96.6 Å². The molecule has 2 atom stereocenters. The maximum absolute atomic E-state index is 14.5. The number of ketones is 1. The summed E-state index contributed by atoms with van der Waals surface area (Å²) in [7, 11) is 0. The molecule has 1 saturated heterocycles. The molecule has 5 heteroatoms. The van der Waals surface area contributed by atoms with E-state index >= 15 is 0 Å². The molecule has 2 fully saturated rings. The van der Waals surface area contributed by atoms with Crippen LogP contribution >= 0.6 is 0 Å². The molecule has 3 aromatic carbocycles. The first-order valence-electron chi connectivity index (χ1n) is 13.7. The molecule has 0 bridgehead atoms. The summed E-state index contributed by atoms with van der Waals surface area (Å²) in [6.07, 6.45) is 4.93. The monoisotopic (exact) mass is 508 g/mol. The van der Waals surface area contributed by atoms with Crippen LogP contribution in [0.1, 0.15) is 77.2 Å². The molecule has 5 rings (SSSR count). The normalized spacial score (nSPS) is 20.6. The van der Waals surface area contributed by atoms with Crippen molar-refractivity contribution in [3.63, 3.8) is 0 Å². The van der Waals surface area contributed by atoms with Gasteiger partial charge < -0.3 is 4.90 Å². The summed E-state index contributed by atoms with van der Waals surface area (Å²) in [4.78, 5) is 45.9. The zero-order valence-corrected chi connectivity index (χ0v) is 22.5. The van der Waals surface area contributed by atoms with Gasteiger partial charge in [-0.05, 0) is 51.3 Å². The lowest BCUT2D eigenvalue weighted by atomic mass is 9.87. The topological polar surface area (TPSA) is 57.7 Å². The van der Waals surface area contributed by atoms with Crippen molar-refractivity contribution in [2.24, 2.45) is 0 Å². The fourth-order valence-corrected chi connectivity index (χ4v) is 5.84. The molecule has 1 saturated carbocycles. The Morgan fingerprint density at radius 1 is 0.711 bits per heavy atom. The van der Waals surface area contributed by atoms with Gasteiger partial charge in [-0.2, -0.15) is 0 Å². The third-order valence-electron chi connectivity index (χ3n) is 8.03. The number of anilines is 1. The Balaban J connectivity index is 1.60. The van der Waals surface area contributed by atoms with Gasteiger partial charge in [0.1, 0.15) is 12.1 Å². The zero-order valence-electron chi connectivity index (χ0n) is 22.5. The van der Waals surface area contributed by atoms with Crippen LogP contribution in [0.5, 0.6) is 0 Å². The maximum Gasteiger partial charge on any atom is 0.255 e. The molecule has 0 spiro atoms. The number of hydrogen-bond donors (Lipinski definition) is 0. The van der Waals surface area contributed by atoms with E-state index in [0.717, 1.165) is 54.4 Å². The minimum Gasteiger partial charge on any atom is -0.322 e. The van der Waals surface area contributed by atoms with Gasteiger partial charge in [0.05, 0.1) is 0 Å². The third-order valence-corrected chi connectivity index (χ3v) is 8.03. The second-order valence-electron chi connectivity index (χ2n) is 10.9. The first kappa shape index (κ1) is 25.9. The van der Waals surface area contributed by atoms with Crippen molar-refractivity contribution in [3.8, 4) is 0 Å². The quantitative estimate of drug-likeness (QED) is 0.357. The van der Waals surface area contributed by atoms with Crippen molar-refractivity contribution in [1.29, 1.82) is 0 Å². The fourth-order valence-electron chi connectivity index (χ4n) is 5.84. The summed E-state index contributed by atoms with van der Waals surface area (Å²) < 4.78 is 0. The van der Waals surface area contributed by atoms with Crippen LogP contribution in [0.4, 0.5) is 5.69 Å². The van der Waals surface area contributed by atoms with E-state index < -0.39 is 12.1 Å². The van der Waals surface area contributed by atoms with E-state index in [2.05, 4.69) is 0 Å². The lowest BCUT2D eigenvalue weighted by Gasteiger charge is -2.49. The van der Waals surface area contributed by atoms with Gasteiger partial charge in [-0.3, -0.25) is 19.3 Å². The van der Waals surface area contributed by atoms with E-state index in [-0.39, 0.29) is 30.1 Å². The molecule has 0 N–H and O–H groups in total. The van der Waals surface area contributed by atoms with Crippen molar-refractivity contribution in [2.45, 2.75) is 77.4 Å².